The summed E-state index contributed by atoms with van der Waals surface area (Å²) in [6.45, 7) is 3.35. The van der Waals surface area contributed by atoms with Crippen molar-refractivity contribution in [3.8, 4) is 0 Å². The van der Waals surface area contributed by atoms with Crippen LogP contribution in [-0.4, -0.2) is 8.42 Å². The van der Waals surface area contributed by atoms with Gasteiger partial charge in [-0.25, -0.2) is 17.5 Å². The zero-order valence-corrected chi connectivity index (χ0v) is 12.6. The number of aryl methyl sites for hydroxylation is 1. The molecule has 0 fully saturated rings. The number of hydrogen-bond acceptors (Lipinski definition) is 3. The third-order valence-corrected chi connectivity index (χ3v) is 4.89. The van der Waals surface area contributed by atoms with Crippen molar-refractivity contribution in [2.75, 3.05) is 5.73 Å². The van der Waals surface area contributed by atoms with Crippen LogP contribution in [0.4, 0.5) is 10.1 Å². The second-order valence-corrected chi connectivity index (χ2v) is 6.60. The maximum Gasteiger partial charge on any atom is 0.241 e. The van der Waals surface area contributed by atoms with Crippen LogP contribution < -0.4 is 10.5 Å². The first-order valence-corrected chi connectivity index (χ1v) is 7.92. The van der Waals surface area contributed by atoms with Gasteiger partial charge in [0.15, 0.2) is 0 Å². The van der Waals surface area contributed by atoms with E-state index in [1.165, 1.54) is 12.1 Å². The fourth-order valence-corrected chi connectivity index (χ4v) is 3.50. The summed E-state index contributed by atoms with van der Waals surface area (Å²) in [6.07, 6.45) is 0. The number of hydrogen-bond donors (Lipinski definition) is 2. The second-order valence-electron chi connectivity index (χ2n) is 4.92. The van der Waals surface area contributed by atoms with Gasteiger partial charge in [0.25, 0.3) is 0 Å². The second kappa shape index (κ2) is 5.83. The summed E-state index contributed by atoms with van der Waals surface area (Å²) in [4.78, 5) is -0.0511. The SMILES string of the molecule is Cc1ccc(F)cc1S(=O)(=O)NC(C)c1ccc(N)cc1. The average Bonchev–Trinajstić information content (AvgIpc) is 2.41. The van der Waals surface area contributed by atoms with Gasteiger partial charge in [0, 0.05) is 11.7 Å². The largest absolute Gasteiger partial charge is 0.399 e. The molecule has 0 amide bonds. The summed E-state index contributed by atoms with van der Waals surface area (Å²) in [7, 11) is -3.79. The van der Waals surface area contributed by atoms with E-state index in [2.05, 4.69) is 4.72 Å². The fraction of sp³-hybridized carbons (Fsp3) is 0.200. The Morgan fingerprint density at radius 1 is 1.14 bits per heavy atom. The molecule has 0 aliphatic rings. The Kier molecular flexibility index (Phi) is 4.29. The van der Waals surface area contributed by atoms with E-state index in [1.807, 2.05) is 0 Å². The molecule has 0 heterocycles. The average molecular weight is 308 g/mol. The lowest BCUT2D eigenvalue weighted by molar-refractivity contribution is 0.563. The van der Waals surface area contributed by atoms with Crippen LogP contribution in [-0.2, 0) is 10.0 Å². The van der Waals surface area contributed by atoms with E-state index in [-0.39, 0.29) is 4.90 Å². The molecule has 0 saturated carbocycles. The van der Waals surface area contributed by atoms with Crippen LogP contribution in [0.25, 0.3) is 0 Å². The third-order valence-electron chi connectivity index (χ3n) is 3.21. The summed E-state index contributed by atoms with van der Waals surface area (Å²) in [5.74, 6) is -0.582. The lowest BCUT2D eigenvalue weighted by Crippen LogP contribution is -2.27. The van der Waals surface area contributed by atoms with Gasteiger partial charge in [-0.05, 0) is 49.2 Å². The Morgan fingerprint density at radius 2 is 1.76 bits per heavy atom. The molecule has 0 spiro atoms. The Balaban J connectivity index is 2.28. The molecule has 0 saturated heterocycles. The van der Waals surface area contributed by atoms with E-state index < -0.39 is 21.9 Å². The molecule has 2 aromatic rings. The molecule has 4 nitrogen and oxygen atoms in total. The lowest BCUT2D eigenvalue weighted by atomic mass is 10.1. The summed E-state index contributed by atoms with van der Waals surface area (Å²) in [6, 6.07) is 10.2. The number of nitrogens with two attached hydrogens (primary N) is 1. The molecule has 0 bridgehead atoms. The normalized spacial score (nSPS) is 13.1. The van der Waals surface area contributed by atoms with Gasteiger partial charge in [-0.3, -0.25) is 0 Å². The zero-order chi connectivity index (χ0) is 15.6. The molecule has 0 aliphatic carbocycles. The van der Waals surface area contributed by atoms with Crippen LogP contribution in [0.2, 0.25) is 0 Å². The van der Waals surface area contributed by atoms with E-state index in [0.717, 1.165) is 11.6 Å². The highest BCUT2D eigenvalue weighted by atomic mass is 32.2. The molecular formula is C15H17FN2O2S. The van der Waals surface area contributed by atoms with Crippen LogP contribution in [0.1, 0.15) is 24.1 Å². The number of halogens is 1. The molecular weight excluding hydrogens is 291 g/mol. The molecule has 1 unspecified atom stereocenters. The van der Waals surface area contributed by atoms with Crippen molar-refractivity contribution >= 4 is 15.7 Å². The van der Waals surface area contributed by atoms with Gasteiger partial charge in [0.05, 0.1) is 4.90 Å². The van der Waals surface area contributed by atoms with E-state index in [0.29, 0.717) is 11.3 Å². The molecule has 2 aromatic carbocycles. The molecule has 6 heteroatoms. The molecule has 3 N–H and O–H groups in total. The number of sulfonamides is 1. The third kappa shape index (κ3) is 3.59. The van der Waals surface area contributed by atoms with E-state index >= 15 is 0 Å². The topological polar surface area (TPSA) is 72.2 Å². The first kappa shape index (κ1) is 15.5. The zero-order valence-electron chi connectivity index (χ0n) is 11.8. The van der Waals surface area contributed by atoms with Gasteiger partial charge < -0.3 is 5.73 Å². The number of benzene rings is 2. The minimum Gasteiger partial charge on any atom is -0.399 e. The first-order chi connectivity index (χ1) is 9.79. The number of anilines is 1. The summed E-state index contributed by atoms with van der Waals surface area (Å²) >= 11 is 0. The predicted octanol–water partition coefficient (Wildman–Crippen LogP) is 2.76. The minimum atomic E-state index is -3.79. The van der Waals surface area contributed by atoms with Crippen LogP contribution >= 0.6 is 0 Å². The van der Waals surface area contributed by atoms with Crippen molar-refractivity contribution in [2.24, 2.45) is 0 Å². The Hall–Kier alpha value is -1.92. The Morgan fingerprint density at radius 3 is 2.38 bits per heavy atom. The highest BCUT2D eigenvalue weighted by Crippen LogP contribution is 2.21. The van der Waals surface area contributed by atoms with E-state index in [9.17, 15) is 12.8 Å². The van der Waals surface area contributed by atoms with Gasteiger partial charge in [-0.2, -0.15) is 0 Å². The summed E-state index contributed by atoms with van der Waals surface area (Å²) < 4.78 is 40.5. The van der Waals surface area contributed by atoms with Gasteiger partial charge in [-0.15, -0.1) is 0 Å². The maximum absolute atomic E-state index is 13.3. The highest BCUT2D eigenvalue weighted by Gasteiger charge is 2.20. The molecule has 112 valence electrons. The predicted molar refractivity (Wildman–Crippen MR) is 80.7 cm³/mol. The molecule has 0 radical (unpaired) electrons. The van der Waals surface area contributed by atoms with E-state index in [4.69, 9.17) is 5.73 Å². The number of rotatable bonds is 4. The Labute approximate surface area is 123 Å². The van der Waals surface area contributed by atoms with Crippen molar-refractivity contribution in [3.05, 3.63) is 59.4 Å². The van der Waals surface area contributed by atoms with Gasteiger partial charge >= 0.3 is 0 Å². The maximum atomic E-state index is 13.3. The van der Waals surface area contributed by atoms with Crippen LogP contribution in [0, 0.1) is 12.7 Å². The smallest absolute Gasteiger partial charge is 0.241 e. The molecule has 2 rings (SSSR count). The van der Waals surface area contributed by atoms with Crippen molar-refractivity contribution in [1.29, 1.82) is 0 Å². The van der Waals surface area contributed by atoms with Crippen molar-refractivity contribution < 1.29 is 12.8 Å². The molecule has 0 aromatic heterocycles. The van der Waals surface area contributed by atoms with Crippen molar-refractivity contribution in [2.45, 2.75) is 24.8 Å². The van der Waals surface area contributed by atoms with Gasteiger partial charge in [-0.1, -0.05) is 18.2 Å². The standard InChI is InChI=1S/C15H17FN2O2S/c1-10-3-6-13(16)9-15(10)21(19,20)18-11(2)12-4-7-14(17)8-5-12/h3-9,11,18H,17H2,1-2H3. The van der Waals surface area contributed by atoms with Crippen LogP contribution in [0.15, 0.2) is 47.4 Å². The quantitative estimate of drug-likeness (QED) is 0.853. The Bertz CT molecular complexity index is 743. The monoisotopic (exact) mass is 308 g/mol. The van der Waals surface area contributed by atoms with Crippen LogP contribution in [0.5, 0.6) is 0 Å². The first-order valence-electron chi connectivity index (χ1n) is 6.43. The van der Waals surface area contributed by atoms with Gasteiger partial charge in [0.2, 0.25) is 10.0 Å². The molecule has 1 atom stereocenters. The van der Waals surface area contributed by atoms with Crippen molar-refractivity contribution in [3.63, 3.8) is 0 Å². The van der Waals surface area contributed by atoms with Crippen LogP contribution in [0.3, 0.4) is 0 Å². The minimum absolute atomic E-state index is 0.0511. The number of nitrogens with one attached hydrogen (secondary N) is 1. The summed E-state index contributed by atoms with van der Waals surface area (Å²) in [5, 5.41) is 0. The van der Waals surface area contributed by atoms with E-state index in [1.54, 1.807) is 38.1 Å². The molecule has 0 aliphatic heterocycles. The fourth-order valence-electron chi connectivity index (χ4n) is 2.01. The lowest BCUT2D eigenvalue weighted by Gasteiger charge is -2.16. The summed E-state index contributed by atoms with van der Waals surface area (Å²) in [5.41, 5.74) is 7.48. The van der Waals surface area contributed by atoms with Crippen molar-refractivity contribution in [1.82, 2.24) is 4.72 Å². The number of nitrogen functional groups attached to an aromatic ring is 1. The molecule has 21 heavy (non-hydrogen) atoms. The van der Waals surface area contributed by atoms with Gasteiger partial charge in [0.1, 0.15) is 5.82 Å². The highest BCUT2D eigenvalue weighted by molar-refractivity contribution is 7.89.